The summed E-state index contributed by atoms with van der Waals surface area (Å²) in [5, 5.41) is 7.97. The van der Waals surface area contributed by atoms with Gasteiger partial charge in [0, 0.05) is 5.69 Å². The fourth-order valence-electron chi connectivity index (χ4n) is 2.71. The lowest BCUT2D eigenvalue weighted by Crippen LogP contribution is -2.48. The summed E-state index contributed by atoms with van der Waals surface area (Å²) in [4.78, 5) is 37.4. The van der Waals surface area contributed by atoms with Gasteiger partial charge in [-0.15, -0.1) is 0 Å². The summed E-state index contributed by atoms with van der Waals surface area (Å²) >= 11 is 0. The molecule has 8 heteroatoms. The number of benzene rings is 2. The molecule has 0 aliphatic heterocycles. The van der Waals surface area contributed by atoms with Crippen LogP contribution in [0.15, 0.2) is 54.6 Å². The number of esters is 1. The zero-order valence-electron chi connectivity index (χ0n) is 18.2. The van der Waals surface area contributed by atoms with Crippen molar-refractivity contribution in [2.24, 2.45) is 5.92 Å². The van der Waals surface area contributed by atoms with Crippen molar-refractivity contribution in [3.63, 3.8) is 0 Å². The quantitative estimate of drug-likeness (QED) is 0.528. The Hall–Kier alpha value is -3.55. The summed E-state index contributed by atoms with van der Waals surface area (Å²) in [5.74, 6) is -0.921. The van der Waals surface area contributed by atoms with Gasteiger partial charge < -0.3 is 25.4 Å². The van der Waals surface area contributed by atoms with Gasteiger partial charge >= 0.3 is 12.0 Å². The number of rotatable bonds is 9. The van der Waals surface area contributed by atoms with E-state index in [0.717, 1.165) is 0 Å². The predicted octanol–water partition coefficient (Wildman–Crippen LogP) is 3.80. The van der Waals surface area contributed by atoms with Crippen LogP contribution in [0, 0.1) is 5.92 Å². The van der Waals surface area contributed by atoms with Gasteiger partial charge in [-0.25, -0.2) is 9.59 Å². The molecule has 3 amide bonds. The SMILES string of the molecule is CCOc1ccccc1NC(=O)[C@H](C)OC(=O)[C@@H](NC(=O)Nc1ccccc1)C(C)C. The number of ether oxygens (including phenoxy) is 2. The van der Waals surface area contributed by atoms with E-state index in [1.165, 1.54) is 6.92 Å². The topological polar surface area (TPSA) is 106 Å². The molecular weight excluding hydrogens is 398 g/mol. The van der Waals surface area contributed by atoms with Crippen LogP contribution in [-0.4, -0.2) is 36.7 Å². The number of nitrogens with one attached hydrogen (secondary N) is 3. The summed E-state index contributed by atoms with van der Waals surface area (Å²) in [7, 11) is 0. The van der Waals surface area contributed by atoms with Crippen LogP contribution in [0.2, 0.25) is 0 Å². The van der Waals surface area contributed by atoms with E-state index in [1.54, 1.807) is 62.4 Å². The molecule has 0 heterocycles. The van der Waals surface area contributed by atoms with Crippen LogP contribution in [0.3, 0.4) is 0 Å². The van der Waals surface area contributed by atoms with Crippen LogP contribution in [0.5, 0.6) is 5.75 Å². The van der Waals surface area contributed by atoms with Gasteiger partial charge in [0.15, 0.2) is 6.10 Å². The summed E-state index contributed by atoms with van der Waals surface area (Å²) in [6.45, 7) is 7.31. The molecule has 0 aliphatic carbocycles. The van der Waals surface area contributed by atoms with Crippen molar-refractivity contribution >= 4 is 29.3 Å². The lowest BCUT2D eigenvalue weighted by molar-refractivity contribution is -0.156. The van der Waals surface area contributed by atoms with Gasteiger partial charge in [-0.05, 0) is 44.0 Å². The second-order valence-corrected chi connectivity index (χ2v) is 7.18. The highest BCUT2D eigenvalue weighted by molar-refractivity contribution is 5.97. The number of urea groups is 1. The summed E-state index contributed by atoms with van der Waals surface area (Å²) < 4.78 is 10.8. The highest BCUT2D eigenvalue weighted by Gasteiger charge is 2.29. The first-order chi connectivity index (χ1) is 14.8. The Kier molecular flexibility index (Phi) is 8.87. The second-order valence-electron chi connectivity index (χ2n) is 7.18. The smallest absolute Gasteiger partial charge is 0.329 e. The Labute approximate surface area is 182 Å². The minimum Gasteiger partial charge on any atom is -0.492 e. The normalized spacial score (nSPS) is 12.4. The molecule has 2 aromatic rings. The molecule has 2 aromatic carbocycles. The van der Waals surface area contributed by atoms with Gasteiger partial charge in [-0.1, -0.05) is 44.2 Å². The monoisotopic (exact) mass is 427 g/mol. The summed E-state index contributed by atoms with van der Waals surface area (Å²) in [6, 6.07) is 14.4. The van der Waals surface area contributed by atoms with Gasteiger partial charge in [-0.2, -0.15) is 0 Å². The standard InChI is InChI=1S/C23H29N3O5/c1-5-30-19-14-10-9-13-18(19)25-21(27)16(4)31-22(28)20(15(2)3)26-23(29)24-17-11-7-6-8-12-17/h6-16,20H,5H2,1-4H3,(H,25,27)(H2,24,26,29)/t16-,20-/m0/s1. The van der Waals surface area contributed by atoms with Crippen molar-refractivity contribution < 1.29 is 23.9 Å². The molecule has 0 saturated heterocycles. The van der Waals surface area contributed by atoms with E-state index in [4.69, 9.17) is 9.47 Å². The maximum atomic E-state index is 12.6. The Morgan fingerprint density at radius 2 is 1.55 bits per heavy atom. The highest BCUT2D eigenvalue weighted by Crippen LogP contribution is 2.24. The van der Waals surface area contributed by atoms with Crippen LogP contribution < -0.4 is 20.7 Å². The van der Waals surface area contributed by atoms with Crippen molar-refractivity contribution in [1.29, 1.82) is 0 Å². The summed E-state index contributed by atoms with van der Waals surface area (Å²) in [6.07, 6.45) is -1.07. The minimum atomic E-state index is -1.07. The maximum Gasteiger partial charge on any atom is 0.329 e. The van der Waals surface area contributed by atoms with Crippen LogP contribution in [0.25, 0.3) is 0 Å². The van der Waals surface area contributed by atoms with Gasteiger partial charge in [0.1, 0.15) is 11.8 Å². The van der Waals surface area contributed by atoms with E-state index >= 15 is 0 Å². The van der Waals surface area contributed by atoms with E-state index in [1.807, 2.05) is 13.0 Å². The molecule has 0 fully saturated rings. The highest BCUT2D eigenvalue weighted by atomic mass is 16.5. The average Bonchev–Trinajstić information content (AvgIpc) is 2.74. The van der Waals surface area contributed by atoms with Crippen LogP contribution in [0.1, 0.15) is 27.7 Å². The molecule has 0 radical (unpaired) electrons. The van der Waals surface area contributed by atoms with Crippen LogP contribution in [0.4, 0.5) is 16.2 Å². The van der Waals surface area contributed by atoms with E-state index in [0.29, 0.717) is 23.7 Å². The number of carbonyl (C=O) groups excluding carboxylic acids is 3. The fraction of sp³-hybridized carbons (Fsp3) is 0.348. The number of hydrogen-bond acceptors (Lipinski definition) is 5. The van der Waals surface area contributed by atoms with E-state index in [2.05, 4.69) is 16.0 Å². The summed E-state index contributed by atoms with van der Waals surface area (Å²) in [5.41, 5.74) is 1.08. The number of anilines is 2. The molecule has 0 bridgehead atoms. The van der Waals surface area contributed by atoms with E-state index in [-0.39, 0.29) is 5.92 Å². The van der Waals surface area contributed by atoms with Crippen molar-refractivity contribution in [2.45, 2.75) is 39.8 Å². The Bertz CT molecular complexity index is 886. The van der Waals surface area contributed by atoms with Crippen molar-refractivity contribution in [3.05, 3.63) is 54.6 Å². The lowest BCUT2D eigenvalue weighted by Gasteiger charge is -2.23. The first-order valence-electron chi connectivity index (χ1n) is 10.2. The number of carbonyl (C=O) groups is 3. The molecule has 31 heavy (non-hydrogen) atoms. The lowest BCUT2D eigenvalue weighted by atomic mass is 10.0. The molecule has 0 saturated carbocycles. The molecule has 8 nitrogen and oxygen atoms in total. The van der Waals surface area contributed by atoms with Crippen molar-refractivity contribution in [1.82, 2.24) is 5.32 Å². The fourth-order valence-corrected chi connectivity index (χ4v) is 2.71. The maximum absolute atomic E-state index is 12.6. The van der Waals surface area contributed by atoms with Gasteiger partial charge in [0.25, 0.3) is 5.91 Å². The number of hydrogen-bond donors (Lipinski definition) is 3. The zero-order valence-corrected chi connectivity index (χ0v) is 18.2. The molecule has 0 spiro atoms. The minimum absolute atomic E-state index is 0.247. The van der Waals surface area contributed by atoms with Gasteiger partial charge in [0.2, 0.25) is 0 Å². The molecule has 3 N–H and O–H groups in total. The third-order valence-electron chi connectivity index (χ3n) is 4.35. The van der Waals surface area contributed by atoms with Crippen LogP contribution >= 0.6 is 0 Å². The molecule has 0 aromatic heterocycles. The average molecular weight is 428 g/mol. The molecule has 2 atom stereocenters. The molecular formula is C23H29N3O5. The largest absolute Gasteiger partial charge is 0.492 e. The second kappa shape index (κ2) is 11.6. The first kappa shape index (κ1) is 23.7. The van der Waals surface area contributed by atoms with E-state index < -0.39 is 30.1 Å². The van der Waals surface area contributed by atoms with Gasteiger partial charge in [0.05, 0.1) is 12.3 Å². The van der Waals surface area contributed by atoms with Crippen molar-refractivity contribution in [2.75, 3.05) is 17.2 Å². The molecule has 0 unspecified atom stereocenters. The predicted molar refractivity (Wildman–Crippen MR) is 119 cm³/mol. The molecule has 2 rings (SSSR count). The zero-order chi connectivity index (χ0) is 22.8. The van der Waals surface area contributed by atoms with E-state index in [9.17, 15) is 14.4 Å². The Morgan fingerprint density at radius 1 is 0.903 bits per heavy atom. The third kappa shape index (κ3) is 7.33. The van der Waals surface area contributed by atoms with Crippen molar-refractivity contribution in [3.8, 4) is 5.75 Å². The molecule has 166 valence electrons. The van der Waals surface area contributed by atoms with Gasteiger partial charge in [-0.3, -0.25) is 4.79 Å². The number of amides is 3. The number of para-hydroxylation sites is 3. The third-order valence-corrected chi connectivity index (χ3v) is 4.35. The Morgan fingerprint density at radius 3 is 2.19 bits per heavy atom. The first-order valence-corrected chi connectivity index (χ1v) is 10.2. The van der Waals surface area contributed by atoms with Crippen LogP contribution in [-0.2, 0) is 14.3 Å². The Balaban J connectivity index is 1.96. The molecule has 0 aliphatic rings.